The quantitative estimate of drug-likeness (QED) is 0.884. The Morgan fingerprint density at radius 3 is 2.52 bits per heavy atom. The second-order valence-corrected chi connectivity index (χ2v) is 8.35. The van der Waals surface area contributed by atoms with Gasteiger partial charge in [-0.2, -0.15) is 0 Å². The van der Waals surface area contributed by atoms with Crippen LogP contribution in [0.1, 0.15) is 0 Å². The monoisotopic (exact) mass is 380 g/mol. The lowest BCUT2D eigenvalue weighted by Crippen LogP contribution is -2.58. The molecule has 2 amide bonds. The number of methoxy groups -OCH3 is 1. The van der Waals surface area contributed by atoms with Gasteiger partial charge in [0.15, 0.2) is 9.84 Å². The highest BCUT2D eigenvalue weighted by Gasteiger charge is 2.40. The summed E-state index contributed by atoms with van der Waals surface area (Å²) in [5.74, 6) is 0.629. The molecule has 0 saturated carbocycles. The first-order chi connectivity index (χ1) is 11.9. The molecule has 0 radical (unpaired) electrons. The number of benzene rings is 2. The van der Waals surface area contributed by atoms with E-state index in [2.05, 4.69) is 5.32 Å². The fourth-order valence-electron chi connectivity index (χ4n) is 2.52. The third-order valence-corrected chi connectivity index (χ3v) is 6.39. The Hall–Kier alpha value is -2.25. The normalized spacial score (nSPS) is 14.7. The van der Waals surface area contributed by atoms with E-state index in [0.29, 0.717) is 16.5 Å². The molecule has 25 heavy (non-hydrogen) atoms. The van der Waals surface area contributed by atoms with Crippen molar-refractivity contribution < 1.29 is 17.9 Å². The van der Waals surface area contributed by atoms with Crippen molar-refractivity contribution in [3.05, 3.63) is 53.6 Å². The first kappa shape index (κ1) is 17.6. The Kier molecular flexibility index (Phi) is 4.87. The summed E-state index contributed by atoms with van der Waals surface area (Å²) in [7, 11) is -1.93. The van der Waals surface area contributed by atoms with E-state index >= 15 is 0 Å². The molecule has 1 fully saturated rings. The van der Waals surface area contributed by atoms with Crippen LogP contribution in [0.3, 0.4) is 0 Å². The zero-order chi connectivity index (χ0) is 18.0. The Morgan fingerprint density at radius 2 is 1.88 bits per heavy atom. The van der Waals surface area contributed by atoms with Gasteiger partial charge in [-0.25, -0.2) is 13.2 Å². The zero-order valence-corrected chi connectivity index (χ0v) is 15.0. The van der Waals surface area contributed by atoms with Gasteiger partial charge >= 0.3 is 6.03 Å². The van der Waals surface area contributed by atoms with Gasteiger partial charge in [-0.05, 0) is 36.4 Å². The lowest BCUT2D eigenvalue weighted by molar-refractivity contribution is 0.182. The predicted molar refractivity (Wildman–Crippen MR) is 96.0 cm³/mol. The van der Waals surface area contributed by atoms with Gasteiger partial charge in [-0.1, -0.05) is 17.7 Å². The highest BCUT2D eigenvalue weighted by Crippen LogP contribution is 2.26. The number of nitrogens with zero attached hydrogens (tertiary/aromatic N) is 1. The van der Waals surface area contributed by atoms with Gasteiger partial charge in [0.25, 0.3) is 0 Å². The van der Waals surface area contributed by atoms with Gasteiger partial charge in [0, 0.05) is 29.9 Å². The molecule has 8 heteroatoms. The summed E-state index contributed by atoms with van der Waals surface area (Å²) < 4.78 is 30.1. The van der Waals surface area contributed by atoms with Crippen LogP contribution in [0.25, 0.3) is 0 Å². The molecule has 0 atom stereocenters. The average molecular weight is 381 g/mol. The van der Waals surface area contributed by atoms with Gasteiger partial charge in [-0.3, -0.25) is 0 Å². The van der Waals surface area contributed by atoms with Crippen LogP contribution in [-0.4, -0.2) is 44.8 Å². The van der Waals surface area contributed by atoms with Crippen LogP contribution in [0.15, 0.2) is 53.4 Å². The minimum absolute atomic E-state index is 0.154. The van der Waals surface area contributed by atoms with Crippen molar-refractivity contribution in [1.82, 2.24) is 4.90 Å². The smallest absolute Gasteiger partial charge is 0.321 e. The Labute approximate surface area is 151 Å². The molecule has 1 aliphatic heterocycles. The number of hydrogen-bond donors (Lipinski definition) is 1. The van der Waals surface area contributed by atoms with Crippen LogP contribution in [0.2, 0.25) is 5.02 Å². The van der Waals surface area contributed by atoms with E-state index in [-0.39, 0.29) is 24.0 Å². The number of nitrogens with one attached hydrogen (secondary N) is 1. The first-order valence-electron chi connectivity index (χ1n) is 7.59. The minimum atomic E-state index is -3.47. The Bertz CT molecular complexity index is 878. The lowest BCUT2D eigenvalue weighted by Gasteiger charge is -2.38. The molecule has 0 bridgehead atoms. The molecule has 0 aliphatic carbocycles. The summed E-state index contributed by atoms with van der Waals surface area (Å²) in [6.07, 6.45) is 0. The maximum absolute atomic E-state index is 12.5. The number of amides is 2. The molecule has 132 valence electrons. The SMILES string of the molecule is COc1cccc(NC(=O)N2CC(S(=O)(=O)c3ccc(Cl)cc3)C2)c1. The van der Waals surface area contributed by atoms with Crippen LogP contribution < -0.4 is 10.1 Å². The van der Waals surface area contributed by atoms with E-state index in [1.54, 1.807) is 43.5 Å². The van der Waals surface area contributed by atoms with Crippen LogP contribution in [0.4, 0.5) is 10.5 Å². The largest absolute Gasteiger partial charge is 0.497 e. The molecule has 0 unspecified atom stereocenters. The first-order valence-corrected chi connectivity index (χ1v) is 9.52. The average Bonchev–Trinajstić information content (AvgIpc) is 2.53. The van der Waals surface area contributed by atoms with Crippen molar-refractivity contribution in [1.29, 1.82) is 0 Å². The molecule has 6 nitrogen and oxygen atoms in total. The summed E-state index contributed by atoms with van der Waals surface area (Å²) in [5, 5.41) is 2.60. The van der Waals surface area contributed by atoms with E-state index < -0.39 is 15.1 Å². The number of ether oxygens (including phenoxy) is 1. The molecule has 2 aromatic carbocycles. The number of urea groups is 1. The van der Waals surface area contributed by atoms with Gasteiger partial charge < -0.3 is 15.0 Å². The second-order valence-electron chi connectivity index (χ2n) is 5.69. The summed E-state index contributed by atoms with van der Waals surface area (Å²) in [6, 6.07) is 12.7. The molecular formula is C17H17ClN2O4S. The predicted octanol–water partition coefficient (Wildman–Crippen LogP) is 3.04. The van der Waals surface area contributed by atoms with Gasteiger partial charge in [-0.15, -0.1) is 0 Å². The van der Waals surface area contributed by atoms with Crippen molar-refractivity contribution >= 4 is 33.2 Å². The number of carbonyl (C=O) groups is 1. The van der Waals surface area contributed by atoms with E-state index in [1.165, 1.54) is 17.0 Å². The summed E-state index contributed by atoms with van der Waals surface area (Å²) >= 11 is 5.79. The maximum Gasteiger partial charge on any atom is 0.321 e. The Balaban J connectivity index is 1.61. The van der Waals surface area contributed by atoms with Gasteiger partial charge in [0.2, 0.25) is 0 Å². The number of likely N-dealkylation sites (tertiary alicyclic amines) is 1. The van der Waals surface area contributed by atoms with Gasteiger partial charge in [0.1, 0.15) is 11.0 Å². The van der Waals surface area contributed by atoms with Crippen LogP contribution in [-0.2, 0) is 9.84 Å². The van der Waals surface area contributed by atoms with Crippen molar-refractivity contribution in [3.63, 3.8) is 0 Å². The fourth-order valence-corrected chi connectivity index (χ4v) is 4.30. The molecule has 1 aliphatic rings. The minimum Gasteiger partial charge on any atom is -0.497 e. The van der Waals surface area contributed by atoms with Crippen LogP contribution >= 0.6 is 11.6 Å². The number of carbonyl (C=O) groups excluding carboxylic acids is 1. The van der Waals surface area contributed by atoms with Crippen LogP contribution in [0, 0.1) is 0 Å². The van der Waals surface area contributed by atoms with Crippen molar-refractivity contribution in [3.8, 4) is 5.75 Å². The molecule has 1 N–H and O–H groups in total. The third-order valence-electron chi connectivity index (χ3n) is 4.04. The topological polar surface area (TPSA) is 75.7 Å². The molecule has 1 heterocycles. The molecule has 0 spiro atoms. The third kappa shape index (κ3) is 3.72. The second kappa shape index (κ2) is 6.93. The number of halogens is 1. The fraction of sp³-hybridized carbons (Fsp3) is 0.235. The molecule has 3 rings (SSSR count). The number of sulfone groups is 1. The maximum atomic E-state index is 12.5. The lowest BCUT2D eigenvalue weighted by atomic mass is 10.2. The molecular weight excluding hydrogens is 364 g/mol. The van der Waals surface area contributed by atoms with E-state index in [1.807, 2.05) is 0 Å². The molecule has 1 saturated heterocycles. The summed E-state index contributed by atoms with van der Waals surface area (Å²) in [6.45, 7) is 0.307. The summed E-state index contributed by atoms with van der Waals surface area (Å²) in [4.78, 5) is 13.9. The number of hydrogen-bond acceptors (Lipinski definition) is 4. The number of anilines is 1. The molecule has 0 aromatic heterocycles. The standard InChI is InChI=1S/C17H17ClN2O4S/c1-24-14-4-2-3-13(9-14)19-17(21)20-10-16(11-20)25(22,23)15-7-5-12(18)6-8-15/h2-9,16H,10-11H2,1H3,(H,19,21). The summed E-state index contributed by atoms with van der Waals surface area (Å²) in [5.41, 5.74) is 0.591. The van der Waals surface area contributed by atoms with Crippen LogP contribution in [0.5, 0.6) is 5.75 Å². The highest BCUT2D eigenvalue weighted by atomic mass is 35.5. The van der Waals surface area contributed by atoms with Crippen molar-refractivity contribution in [2.45, 2.75) is 10.1 Å². The van der Waals surface area contributed by atoms with E-state index in [4.69, 9.17) is 16.3 Å². The van der Waals surface area contributed by atoms with Gasteiger partial charge in [0.05, 0.1) is 12.0 Å². The zero-order valence-electron chi connectivity index (χ0n) is 13.5. The Morgan fingerprint density at radius 1 is 1.20 bits per heavy atom. The highest BCUT2D eigenvalue weighted by molar-refractivity contribution is 7.92. The number of rotatable bonds is 4. The van der Waals surface area contributed by atoms with E-state index in [0.717, 1.165) is 0 Å². The van der Waals surface area contributed by atoms with Crippen molar-refractivity contribution in [2.24, 2.45) is 0 Å². The molecule has 2 aromatic rings. The van der Waals surface area contributed by atoms with E-state index in [9.17, 15) is 13.2 Å². The van der Waals surface area contributed by atoms with Crippen molar-refractivity contribution in [2.75, 3.05) is 25.5 Å².